The monoisotopic (exact) mass is 314 g/mol. The Hall–Kier alpha value is -2.14. The van der Waals surface area contributed by atoms with Gasteiger partial charge in [-0.3, -0.25) is 9.36 Å². The zero-order chi connectivity index (χ0) is 15.5. The fourth-order valence-corrected chi connectivity index (χ4v) is 3.22. The van der Waals surface area contributed by atoms with Crippen LogP contribution in [0.25, 0.3) is 10.2 Å². The van der Waals surface area contributed by atoms with E-state index in [2.05, 4.69) is 24.9 Å². The summed E-state index contributed by atoms with van der Waals surface area (Å²) in [6.07, 6.45) is 2.39. The first-order chi connectivity index (χ1) is 10.6. The van der Waals surface area contributed by atoms with Crippen LogP contribution in [0.2, 0.25) is 0 Å². The highest BCUT2D eigenvalue weighted by atomic mass is 32.1. The second-order valence-electron chi connectivity index (χ2n) is 5.41. The van der Waals surface area contributed by atoms with Gasteiger partial charge in [0.05, 0.1) is 18.3 Å². The maximum atomic E-state index is 12.2. The molecular weight excluding hydrogens is 296 g/mol. The molecule has 2 aromatic heterocycles. The minimum absolute atomic E-state index is 0.0256. The molecule has 114 valence electrons. The van der Waals surface area contributed by atoms with Gasteiger partial charge in [-0.05, 0) is 55.0 Å². The van der Waals surface area contributed by atoms with Crippen LogP contribution in [0.15, 0.2) is 40.8 Å². The van der Waals surface area contributed by atoms with Gasteiger partial charge in [0.1, 0.15) is 10.6 Å². The number of nitrogens with zero attached hydrogens (tertiary/aromatic N) is 2. The Morgan fingerprint density at radius 1 is 1.23 bits per heavy atom. The van der Waals surface area contributed by atoms with Gasteiger partial charge in [0.25, 0.3) is 5.56 Å². The average molecular weight is 314 g/mol. The fraction of sp³-hybridized carbons (Fsp3) is 0.294. The summed E-state index contributed by atoms with van der Waals surface area (Å²) < 4.78 is 7.42. The van der Waals surface area contributed by atoms with Crippen molar-refractivity contribution in [3.63, 3.8) is 0 Å². The third kappa shape index (κ3) is 3.20. The molecule has 0 saturated heterocycles. The average Bonchev–Trinajstić information content (AvgIpc) is 2.94. The van der Waals surface area contributed by atoms with Gasteiger partial charge in [-0.2, -0.15) is 0 Å². The Balaban J connectivity index is 1.60. The molecule has 0 unspecified atom stereocenters. The maximum Gasteiger partial charge on any atom is 0.262 e. The molecule has 2 heterocycles. The number of hydrogen-bond acceptors (Lipinski definition) is 4. The molecule has 5 heteroatoms. The SMILES string of the molecule is Cc1cc(C)cc(OCCCn2cnc3sccc3c2=O)c1. The lowest BCUT2D eigenvalue weighted by Gasteiger charge is -2.09. The van der Waals surface area contributed by atoms with Crippen LogP contribution in [-0.4, -0.2) is 16.2 Å². The van der Waals surface area contributed by atoms with Crippen LogP contribution in [0.5, 0.6) is 5.75 Å². The summed E-state index contributed by atoms with van der Waals surface area (Å²) in [5, 5.41) is 2.59. The zero-order valence-electron chi connectivity index (χ0n) is 12.7. The maximum absolute atomic E-state index is 12.2. The summed E-state index contributed by atoms with van der Waals surface area (Å²) in [4.78, 5) is 17.3. The second kappa shape index (κ2) is 6.32. The van der Waals surface area contributed by atoms with Crippen molar-refractivity contribution >= 4 is 21.6 Å². The van der Waals surface area contributed by atoms with Crippen molar-refractivity contribution in [3.8, 4) is 5.75 Å². The van der Waals surface area contributed by atoms with Crippen LogP contribution in [-0.2, 0) is 6.54 Å². The molecule has 0 radical (unpaired) electrons. The van der Waals surface area contributed by atoms with E-state index >= 15 is 0 Å². The summed E-state index contributed by atoms with van der Waals surface area (Å²) in [6, 6.07) is 8.00. The lowest BCUT2D eigenvalue weighted by Crippen LogP contribution is -2.21. The molecule has 22 heavy (non-hydrogen) atoms. The standard InChI is InChI=1S/C17H18N2O2S/c1-12-8-13(2)10-14(9-12)21-6-3-5-19-11-18-16-15(17(19)20)4-7-22-16/h4,7-11H,3,5-6H2,1-2H3. The van der Waals surface area contributed by atoms with Crippen LogP contribution in [0, 0.1) is 13.8 Å². The van der Waals surface area contributed by atoms with E-state index in [1.54, 1.807) is 10.9 Å². The van der Waals surface area contributed by atoms with Gasteiger partial charge in [-0.25, -0.2) is 4.98 Å². The van der Waals surface area contributed by atoms with Crippen molar-refractivity contribution in [1.29, 1.82) is 0 Å². The van der Waals surface area contributed by atoms with Gasteiger partial charge < -0.3 is 4.74 Å². The second-order valence-corrected chi connectivity index (χ2v) is 6.30. The minimum atomic E-state index is 0.0256. The van der Waals surface area contributed by atoms with Crippen LogP contribution < -0.4 is 10.3 Å². The van der Waals surface area contributed by atoms with Gasteiger partial charge in [0.2, 0.25) is 0 Å². The molecule has 3 rings (SSSR count). The molecule has 4 nitrogen and oxygen atoms in total. The zero-order valence-corrected chi connectivity index (χ0v) is 13.5. The summed E-state index contributed by atoms with van der Waals surface area (Å²) in [6.45, 7) is 5.31. The van der Waals surface area contributed by atoms with Gasteiger partial charge in [0.15, 0.2) is 0 Å². The van der Waals surface area contributed by atoms with E-state index in [9.17, 15) is 4.79 Å². The number of benzene rings is 1. The summed E-state index contributed by atoms with van der Waals surface area (Å²) in [7, 11) is 0. The molecule has 0 aliphatic rings. The van der Waals surface area contributed by atoms with Crippen LogP contribution in [0.3, 0.4) is 0 Å². The Labute approximate surface area is 133 Å². The Morgan fingerprint density at radius 3 is 2.77 bits per heavy atom. The van der Waals surface area contributed by atoms with E-state index in [0.717, 1.165) is 17.0 Å². The van der Waals surface area contributed by atoms with Crippen molar-refractivity contribution in [2.45, 2.75) is 26.8 Å². The highest BCUT2D eigenvalue weighted by Gasteiger charge is 2.04. The minimum Gasteiger partial charge on any atom is -0.494 e. The number of hydrogen-bond donors (Lipinski definition) is 0. The quantitative estimate of drug-likeness (QED) is 0.677. The molecule has 0 atom stereocenters. The van der Waals surface area contributed by atoms with Crippen molar-refractivity contribution in [2.24, 2.45) is 0 Å². The molecule has 0 aliphatic heterocycles. The first-order valence-electron chi connectivity index (χ1n) is 7.27. The molecular formula is C17H18N2O2S. The molecule has 0 N–H and O–H groups in total. The number of aromatic nitrogens is 2. The van der Waals surface area contributed by atoms with Crippen LogP contribution >= 0.6 is 11.3 Å². The molecule has 3 aromatic rings. The lowest BCUT2D eigenvalue weighted by atomic mass is 10.1. The third-order valence-electron chi connectivity index (χ3n) is 3.46. The number of ether oxygens (including phenoxy) is 1. The molecule has 0 fully saturated rings. The van der Waals surface area contributed by atoms with E-state index in [1.807, 2.05) is 23.6 Å². The largest absolute Gasteiger partial charge is 0.494 e. The van der Waals surface area contributed by atoms with Gasteiger partial charge in [-0.15, -0.1) is 11.3 Å². The lowest BCUT2D eigenvalue weighted by molar-refractivity contribution is 0.300. The Bertz CT molecular complexity index is 831. The van der Waals surface area contributed by atoms with Gasteiger partial charge >= 0.3 is 0 Å². The van der Waals surface area contributed by atoms with Crippen molar-refractivity contribution < 1.29 is 4.74 Å². The van der Waals surface area contributed by atoms with E-state index < -0.39 is 0 Å². The normalized spacial score (nSPS) is 11.0. The molecule has 0 saturated carbocycles. The third-order valence-corrected chi connectivity index (χ3v) is 4.28. The summed E-state index contributed by atoms with van der Waals surface area (Å²) >= 11 is 1.49. The molecule has 0 aliphatic carbocycles. The fourth-order valence-electron chi connectivity index (χ4n) is 2.49. The van der Waals surface area contributed by atoms with E-state index in [4.69, 9.17) is 4.74 Å². The summed E-state index contributed by atoms with van der Waals surface area (Å²) in [5.74, 6) is 0.885. The topological polar surface area (TPSA) is 44.1 Å². The predicted octanol–water partition coefficient (Wildman–Crippen LogP) is 3.54. The summed E-state index contributed by atoms with van der Waals surface area (Å²) in [5.41, 5.74) is 2.41. The Kier molecular flexibility index (Phi) is 4.24. The van der Waals surface area contributed by atoms with E-state index in [1.165, 1.54) is 22.5 Å². The number of fused-ring (bicyclic) bond motifs is 1. The smallest absolute Gasteiger partial charge is 0.262 e. The van der Waals surface area contributed by atoms with Crippen molar-refractivity contribution in [2.75, 3.05) is 6.61 Å². The number of aryl methyl sites for hydroxylation is 3. The highest BCUT2D eigenvalue weighted by molar-refractivity contribution is 7.16. The highest BCUT2D eigenvalue weighted by Crippen LogP contribution is 2.16. The molecule has 1 aromatic carbocycles. The molecule has 0 spiro atoms. The van der Waals surface area contributed by atoms with Gasteiger partial charge in [0, 0.05) is 6.54 Å². The number of thiophene rings is 1. The van der Waals surface area contributed by atoms with Crippen LogP contribution in [0.1, 0.15) is 17.5 Å². The molecule has 0 bridgehead atoms. The van der Waals surface area contributed by atoms with E-state index in [-0.39, 0.29) is 5.56 Å². The first kappa shape index (κ1) is 14.8. The predicted molar refractivity (Wildman–Crippen MR) is 89.9 cm³/mol. The number of rotatable bonds is 5. The Morgan fingerprint density at radius 2 is 2.00 bits per heavy atom. The molecule has 0 amide bonds. The van der Waals surface area contributed by atoms with Crippen molar-refractivity contribution in [3.05, 3.63) is 57.5 Å². The van der Waals surface area contributed by atoms with Crippen LogP contribution in [0.4, 0.5) is 0 Å². The van der Waals surface area contributed by atoms with Gasteiger partial charge in [-0.1, -0.05) is 6.07 Å². The van der Waals surface area contributed by atoms with E-state index in [0.29, 0.717) is 18.5 Å². The van der Waals surface area contributed by atoms with Crippen molar-refractivity contribution in [1.82, 2.24) is 9.55 Å². The first-order valence-corrected chi connectivity index (χ1v) is 8.15.